The molecule has 0 aromatic rings. The highest BCUT2D eigenvalue weighted by Crippen LogP contribution is 2.13. The maximum atomic E-state index is 11.6. The van der Waals surface area contributed by atoms with E-state index >= 15 is 0 Å². The number of hydrogen-bond donors (Lipinski definition) is 2. The quantitative estimate of drug-likeness (QED) is 0.358. The number of aliphatic hydroxyl groups is 1. The molecule has 2 N–H and O–H groups in total. The second-order valence-electron chi connectivity index (χ2n) is 7.47. The third-order valence-electron chi connectivity index (χ3n) is 4.91. The Morgan fingerprint density at radius 2 is 1.52 bits per heavy atom. The summed E-state index contributed by atoms with van der Waals surface area (Å²) < 4.78 is 15.6. The van der Waals surface area contributed by atoms with Crippen LogP contribution in [0.3, 0.4) is 0 Å². The van der Waals surface area contributed by atoms with E-state index in [0.717, 1.165) is 12.8 Å². The van der Waals surface area contributed by atoms with Crippen molar-refractivity contribution in [1.29, 1.82) is 0 Å². The Balaban J connectivity index is 1.76. The summed E-state index contributed by atoms with van der Waals surface area (Å²) in [5.74, 6) is 0. The summed E-state index contributed by atoms with van der Waals surface area (Å²) in [6, 6.07) is 0. The van der Waals surface area contributed by atoms with E-state index in [1.54, 1.807) is 0 Å². The van der Waals surface area contributed by atoms with Crippen LogP contribution in [0, 0.1) is 0 Å². The van der Waals surface area contributed by atoms with Gasteiger partial charge in [-0.25, -0.2) is 4.79 Å². The van der Waals surface area contributed by atoms with Gasteiger partial charge >= 0.3 is 6.09 Å². The van der Waals surface area contributed by atoms with E-state index in [1.807, 2.05) is 0 Å². The van der Waals surface area contributed by atoms with Gasteiger partial charge in [0.1, 0.15) is 12.7 Å². The van der Waals surface area contributed by atoms with Crippen molar-refractivity contribution in [2.45, 2.75) is 103 Å². The maximum Gasteiger partial charge on any atom is 0.407 e. The second kappa shape index (κ2) is 17.3. The molecule has 2 atom stereocenters. The number of ether oxygens (including phenoxy) is 3. The lowest BCUT2D eigenvalue weighted by Gasteiger charge is -2.11. The highest BCUT2D eigenvalue weighted by molar-refractivity contribution is 5.67. The fourth-order valence-corrected chi connectivity index (χ4v) is 3.24. The Morgan fingerprint density at radius 3 is 2.04 bits per heavy atom. The minimum Gasteiger partial charge on any atom is -0.447 e. The molecule has 0 saturated carbocycles. The second-order valence-corrected chi connectivity index (χ2v) is 7.47. The highest BCUT2D eigenvalue weighted by atomic mass is 16.7. The van der Waals surface area contributed by atoms with Gasteiger partial charge in [0.05, 0.1) is 13.2 Å². The summed E-state index contributed by atoms with van der Waals surface area (Å²) in [5, 5.41) is 11.7. The van der Waals surface area contributed by atoms with Gasteiger partial charge in [-0.05, 0) is 6.42 Å². The van der Waals surface area contributed by atoms with E-state index in [1.165, 1.54) is 70.6 Å². The molecule has 27 heavy (non-hydrogen) atoms. The summed E-state index contributed by atoms with van der Waals surface area (Å²) in [4.78, 5) is 11.6. The maximum absolute atomic E-state index is 11.6. The molecule has 0 bridgehead atoms. The Morgan fingerprint density at radius 1 is 0.963 bits per heavy atom. The van der Waals surface area contributed by atoms with E-state index in [0.29, 0.717) is 13.2 Å². The number of unbranched alkanes of at least 4 members (excludes halogenated alkanes) is 12. The van der Waals surface area contributed by atoms with Crippen LogP contribution in [-0.2, 0) is 14.2 Å². The predicted octanol–water partition coefficient (Wildman–Crippen LogP) is 4.54. The molecule has 0 aromatic carbocycles. The lowest BCUT2D eigenvalue weighted by Crippen LogP contribution is -2.29. The number of nitrogens with one attached hydrogen (secondary N) is 1. The molecule has 1 saturated heterocycles. The molecule has 1 heterocycles. The average Bonchev–Trinajstić information content (AvgIpc) is 3.15. The van der Waals surface area contributed by atoms with Crippen molar-refractivity contribution >= 4 is 6.09 Å². The highest BCUT2D eigenvalue weighted by Gasteiger charge is 2.26. The molecule has 1 amide bonds. The Bertz CT molecular complexity index is 353. The van der Waals surface area contributed by atoms with Crippen LogP contribution in [0.5, 0.6) is 0 Å². The van der Waals surface area contributed by atoms with Crippen molar-refractivity contribution in [2.75, 3.05) is 26.4 Å². The largest absolute Gasteiger partial charge is 0.447 e. The van der Waals surface area contributed by atoms with Crippen molar-refractivity contribution in [2.24, 2.45) is 0 Å². The molecule has 0 spiro atoms. The minimum absolute atomic E-state index is 0.154. The molecule has 1 fully saturated rings. The van der Waals surface area contributed by atoms with Gasteiger partial charge in [-0.15, -0.1) is 0 Å². The van der Waals surface area contributed by atoms with E-state index in [2.05, 4.69) is 12.2 Å². The summed E-state index contributed by atoms with van der Waals surface area (Å²) in [6.45, 7) is 3.23. The number of alkyl carbamates (subject to hydrolysis) is 1. The minimum atomic E-state index is -0.590. The molecule has 0 radical (unpaired) electrons. The molecule has 6 heteroatoms. The predicted molar refractivity (Wildman–Crippen MR) is 107 cm³/mol. The topological polar surface area (TPSA) is 77.0 Å². The fraction of sp³-hybridized carbons (Fsp3) is 0.952. The Labute approximate surface area is 165 Å². The number of rotatable bonds is 17. The first-order valence-corrected chi connectivity index (χ1v) is 11.0. The Hall–Kier alpha value is -0.850. The van der Waals surface area contributed by atoms with Crippen LogP contribution in [-0.4, -0.2) is 50.0 Å². The zero-order valence-corrected chi connectivity index (χ0v) is 17.3. The summed E-state index contributed by atoms with van der Waals surface area (Å²) in [7, 11) is 0. The standard InChI is InChI=1S/C21H41NO5/c1-2-3-4-5-6-7-8-9-10-11-12-13-14-15-22-21(24)26-18-19-17-25-20(16-23)27-19/h19-20,23H,2-18H2,1H3,(H,22,24). The molecule has 2 unspecified atom stereocenters. The number of aliphatic hydroxyl groups excluding tert-OH is 1. The van der Waals surface area contributed by atoms with E-state index in [9.17, 15) is 4.79 Å². The molecule has 1 rings (SSSR count). The third kappa shape index (κ3) is 13.9. The summed E-state index contributed by atoms with van der Waals surface area (Å²) in [5.41, 5.74) is 0. The van der Waals surface area contributed by atoms with Gasteiger partial charge in [-0.3, -0.25) is 0 Å². The number of amides is 1. The molecular formula is C21H41NO5. The lowest BCUT2D eigenvalue weighted by atomic mass is 10.0. The monoisotopic (exact) mass is 387 g/mol. The molecule has 1 aliphatic rings. The smallest absolute Gasteiger partial charge is 0.407 e. The van der Waals surface area contributed by atoms with Crippen molar-refractivity contribution in [3.63, 3.8) is 0 Å². The Kier molecular flexibility index (Phi) is 15.5. The van der Waals surface area contributed by atoms with Gasteiger partial charge in [-0.1, -0.05) is 84.0 Å². The molecule has 160 valence electrons. The van der Waals surface area contributed by atoms with Gasteiger partial charge in [0.15, 0.2) is 6.29 Å². The lowest BCUT2D eigenvalue weighted by molar-refractivity contribution is -0.0933. The number of hydrogen-bond acceptors (Lipinski definition) is 5. The SMILES string of the molecule is CCCCCCCCCCCCCCCNC(=O)OCC1COC(CO)O1. The van der Waals surface area contributed by atoms with Gasteiger partial charge < -0.3 is 24.6 Å². The average molecular weight is 388 g/mol. The van der Waals surface area contributed by atoms with Crippen LogP contribution in [0.15, 0.2) is 0 Å². The summed E-state index contributed by atoms with van der Waals surface area (Å²) in [6.07, 6.45) is 15.8. The van der Waals surface area contributed by atoms with Crippen LogP contribution in [0.4, 0.5) is 4.79 Å². The van der Waals surface area contributed by atoms with Crippen molar-refractivity contribution in [1.82, 2.24) is 5.32 Å². The van der Waals surface area contributed by atoms with Crippen molar-refractivity contribution in [3.8, 4) is 0 Å². The fourth-order valence-electron chi connectivity index (χ4n) is 3.24. The van der Waals surface area contributed by atoms with Gasteiger partial charge in [0.2, 0.25) is 0 Å². The number of carbonyl (C=O) groups excluding carboxylic acids is 1. The molecule has 6 nitrogen and oxygen atoms in total. The van der Waals surface area contributed by atoms with Crippen LogP contribution in [0.25, 0.3) is 0 Å². The van der Waals surface area contributed by atoms with Crippen LogP contribution >= 0.6 is 0 Å². The zero-order chi connectivity index (χ0) is 19.6. The number of carbonyl (C=O) groups is 1. The molecule has 1 aliphatic heterocycles. The molecule has 0 aliphatic carbocycles. The van der Waals surface area contributed by atoms with Crippen LogP contribution in [0.1, 0.15) is 90.4 Å². The van der Waals surface area contributed by atoms with Gasteiger partial charge in [-0.2, -0.15) is 0 Å². The van der Waals surface area contributed by atoms with Crippen molar-refractivity contribution < 1.29 is 24.1 Å². The van der Waals surface area contributed by atoms with Gasteiger partial charge in [0.25, 0.3) is 0 Å². The molecular weight excluding hydrogens is 346 g/mol. The zero-order valence-electron chi connectivity index (χ0n) is 17.3. The summed E-state index contributed by atoms with van der Waals surface area (Å²) >= 11 is 0. The first-order valence-electron chi connectivity index (χ1n) is 11.0. The molecule has 0 aromatic heterocycles. The first kappa shape index (κ1) is 24.2. The van der Waals surface area contributed by atoms with Crippen molar-refractivity contribution in [3.05, 3.63) is 0 Å². The van der Waals surface area contributed by atoms with E-state index < -0.39 is 12.4 Å². The van der Waals surface area contributed by atoms with Crippen LogP contribution in [0.2, 0.25) is 0 Å². The van der Waals surface area contributed by atoms with Crippen LogP contribution < -0.4 is 5.32 Å². The van der Waals surface area contributed by atoms with Gasteiger partial charge in [0, 0.05) is 6.54 Å². The third-order valence-corrected chi connectivity index (χ3v) is 4.91. The van der Waals surface area contributed by atoms with E-state index in [-0.39, 0.29) is 19.3 Å². The normalized spacial score (nSPS) is 19.3. The van der Waals surface area contributed by atoms with E-state index in [4.69, 9.17) is 19.3 Å². The first-order chi connectivity index (χ1) is 13.3.